The third-order valence-electron chi connectivity index (χ3n) is 5.14. The molecule has 34 heavy (non-hydrogen) atoms. The van der Waals surface area contributed by atoms with E-state index >= 15 is 0 Å². The molecule has 0 radical (unpaired) electrons. The molecule has 0 N–H and O–H groups in total. The number of methoxy groups -OCH3 is 1. The van der Waals surface area contributed by atoms with E-state index in [1.807, 2.05) is 36.4 Å². The zero-order valence-corrected chi connectivity index (χ0v) is 19.3. The largest absolute Gasteiger partial charge is 0.497 e. The molecule has 0 fully saturated rings. The summed E-state index contributed by atoms with van der Waals surface area (Å²) in [4.78, 5) is 19.2. The fraction of sp³-hybridized carbons (Fsp3) is 0.0769. The molecular formula is C26H23N3O4S. The van der Waals surface area contributed by atoms with E-state index in [1.165, 1.54) is 30.5 Å². The molecule has 0 spiro atoms. The molecule has 0 aliphatic carbocycles. The van der Waals surface area contributed by atoms with Gasteiger partial charge in [-0.2, -0.15) is 0 Å². The first kappa shape index (κ1) is 23.0. The highest BCUT2D eigenvalue weighted by Gasteiger charge is 2.30. The highest BCUT2D eigenvalue weighted by molar-refractivity contribution is 7.92. The van der Waals surface area contributed by atoms with Crippen molar-refractivity contribution in [1.82, 2.24) is 4.98 Å². The summed E-state index contributed by atoms with van der Waals surface area (Å²) in [5.74, 6) is 0.157. The zero-order chi connectivity index (χ0) is 24.0. The van der Waals surface area contributed by atoms with Crippen molar-refractivity contribution in [3.63, 3.8) is 0 Å². The lowest BCUT2D eigenvalue weighted by atomic mass is 10.2. The summed E-state index contributed by atoms with van der Waals surface area (Å²) in [6.07, 6.45) is 2.76. The maximum Gasteiger partial charge on any atom is 0.266 e. The summed E-state index contributed by atoms with van der Waals surface area (Å²) < 4.78 is 33.5. The number of anilines is 3. The highest BCUT2D eigenvalue weighted by Crippen LogP contribution is 2.29. The summed E-state index contributed by atoms with van der Waals surface area (Å²) in [7, 11) is -2.56. The van der Waals surface area contributed by atoms with Crippen LogP contribution in [0.4, 0.5) is 17.1 Å². The van der Waals surface area contributed by atoms with Crippen molar-refractivity contribution in [1.29, 1.82) is 0 Å². The Bertz CT molecular complexity index is 1290. The van der Waals surface area contributed by atoms with Gasteiger partial charge in [-0.15, -0.1) is 0 Å². The van der Waals surface area contributed by atoms with Gasteiger partial charge in [0.15, 0.2) is 0 Å². The minimum atomic E-state index is -4.08. The predicted octanol–water partition coefficient (Wildman–Crippen LogP) is 4.65. The van der Waals surface area contributed by atoms with Crippen LogP contribution in [0, 0.1) is 0 Å². The number of amides is 1. The van der Waals surface area contributed by atoms with Crippen LogP contribution >= 0.6 is 0 Å². The smallest absolute Gasteiger partial charge is 0.266 e. The van der Waals surface area contributed by atoms with Crippen molar-refractivity contribution >= 4 is 33.0 Å². The van der Waals surface area contributed by atoms with Gasteiger partial charge in [0.05, 0.1) is 12.8 Å². The molecule has 172 valence electrons. The third kappa shape index (κ3) is 4.92. The maximum absolute atomic E-state index is 13.7. The van der Waals surface area contributed by atoms with E-state index in [1.54, 1.807) is 54.6 Å². The minimum absolute atomic E-state index is 0.00964. The lowest BCUT2D eigenvalue weighted by Gasteiger charge is -2.28. The minimum Gasteiger partial charge on any atom is -0.497 e. The lowest BCUT2D eigenvalue weighted by Crippen LogP contribution is -2.41. The Balaban J connectivity index is 1.77. The average molecular weight is 474 g/mol. The molecule has 4 aromatic rings. The fourth-order valence-corrected chi connectivity index (χ4v) is 4.85. The number of benzene rings is 3. The number of rotatable bonds is 8. The number of sulfonamides is 1. The second-order valence-electron chi connectivity index (χ2n) is 7.30. The van der Waals surface area contributed by atoms with Crippen LogP contribution in [0.25, 0.3) is 0 Å². The highest BCUT2D eigenvalue weighted by atomic mass is 32.2. The van der Waals surface area contributed by atoms with Gasteiger partial charge in [0, 0.05) is 23.8 Å². The summed E-state index contributed by atoms with van der Waals surface area (Å²) in [6, 6.07) is 27.7. The Kier molecular flexibility index (Phi) is 6.89. The Morgan fingerprint density at radius 1 is 0.794 bits per heavy atom. The van der Waals surface area contributed by atoms with Crippen molar-refractivity contribution in [2.75, 3.05) is 22.9 Å². The molecule has 0 saturated heterocycles. The topological polar surface area (TPSA) is 79.8 Å². The third-order valence-corrected chi connectivity index (χ3v) is 6.90. The zero-order valence-electron chi connectivity index (χ0n) is 18.5. The van der Waals surface area contributed by atoms with Crippen molar-refractivity contribution in [2.45, 2.75) is 4.90 Å². The SMILES string of the molecule is COc1ccc(N(CC(=O)N(c2ccccc2)c2ccccc2)S(=O)(=O)c2cccnc2)cc1. The number of carbonyl (C=O) groups excluding carboxylic acids is 1. The molecule has 7 nitrogen and oxygen atoms in total. The number of nitrogens with zero attached hydrogens (tertiary/aromatic N) is 3. The lowest BCUT2D eigenvalue weighted by molar-refractivity contribution is -0.116. The van der Waals surface area contributed by atoms with Crippen LogP contribution < -0.4 is 13.9 Å². The molecule has 8 heteroatoms. The predicted molar refractivity (Wildman–Crippen MR) is 132 cm³/mol. The van der Waals surface area contributed by atoms with Gasteiger partial charge >= 0.3 is 0 Å². The number of carbonyl (C=O) groups is 1. The Hall–Kier alpha value is -4.17. The Morgan fingerprint density at radius 2 is 1.38 bits per heavy atom. The number of hydrogen-bond acceptors (Lipinski definition) is 5. The molecule has 0 unspecified atom stereocenters. The van der Waals surface area contributed by atoms with Gasteiger partial charge < -0.3 is 4.74 Å². The van der Waals surface area contributed by atoms with Crippen LogP contribution in [0.15, 0.2) is 114 Å². The first-order chi connectivity index (χ1) is 16.5. The molecule has 4 rings (SSSR count). The van der Waals surface area contributed by atoms with Crippen molar-refractivity contribution in [3.8, 4) is 5.75 Å². The summed E-state index contributed by atoms with van der Waals surface area (Å²) in [5, 5.41) is 0. The van der Waals surface area contributed by atoms with Gasteiger partial charge in [0.2, 0.25) is 0 Å². The first-order valence-electron chi connectivity index (χ1n) is 10.5. The molecule has 0 aliphatic heterocycles. The van der Waals surface area contributed by atoms with E-state index in [0.717, 1.165) is 4.31 Å². The van der Waals surface area contributed by atoms with E-state index < -0.39 is 22.5 Å². The molecule has 3 aromatic carbocycles. The normalized spacial score (nSPS) is 11.0. The van der Waals surface area contributed by atoms with Gasteiger partial charge in [-0.05, 0) is 60.7 Å². The van der Waals surface area contributed by atoms with Gasteiger partial charge in [0.25, 0.3) is 15.9 Å². The monoisotopic (exact) mass is 473 g/mol. The molecule has 1 heterocycles. The van der Waals surface area contributed by atoms with Crippen LogP contribution in [0.1, 0.15) is 0 Å². The second kappa shape index (κ2) is 10.2. The van der Waals surface area contributed by atoms with E-state index in [2.05, 4.69) is 4.98 Å². The first-order valence-corrected chi connectivity index (χ1v) is 11.9. The number of para-hydroxylation sites is 2. The molecule has 0 atom stereocenters. The van der Waals surface area contributed by atoms with Crippen LogP contribution in [-0.4, -0.2) is 33.0 Å². The molecule has 0 saturated carbocycles. The summed E-state index contributed by atoms with van der Waals surface area (Å²) in [6.45, 7) is -0.423. The molecule has 1 aromatic heterocycles. The number of hydrogen-bond donors (Lipinski definition) is 0. The van der Waals surface area contributed by atoms with E-state index in [-0.39, 0.29) is 4.90 Å². The fourth-order valence-electron chi connectivity index (χ4n) is 3.48. The molecule has 0 aliphatic rings. The van der Waals surface area contributed by atoms with Gasteiger partial charge in [-0.25, -0.2) is 8.42 Å². The van der Waals surface area contributed by atoms with Crippen LogP contribution in [0.3, 0.4) is 0 Å². The number of aromatic nitrogens is 1. The van der Waals surface area contributed by atoms with Crippen LogP contribution in [0.2, 0.25) is 0 Å². The van der Waals surface area contributed by atoms with Crippen molar-refractivity contribution < 1.29 is 17.9 Å². The second-order valence-corrected chi connectivity index (χ2v) is 9.16. The Morgan fingerprint density at radius 3 is 1.88 bits per heavy atom. The van der Waals surface area contributed by atoms with E-state index in [9.17, 15) is 13.2 Å². The summed E-state index contributed by atoms with van der Waals surface area (Å²) in [5.41, 5.74) is 1.60. The van der Waals surface area contributed by atoms with Crippen molar-refractivity contribution in [2.24, 2.45) is 0 Å². The van der Waals surface area contributed by atoms with Gasteiger partial charge in [0.1, 0.15) is 17.2 Å². The molecular weight excluding hydrogens is 450 g/mol. The van der Waals surface area contributed by atoms with E-state index in [0.29, 0.717) is 22.8 Å². The summed E-state index contributed by atoms with van der Waals surface area (Å²) >= 11 is 0. The quantitative estimate of drug-likeness (QED) is 0.372. The van der Waals surface area contributed by atoms with Crippen LogP contribution in [-0.2, 0) is 14.8 Å². The number of pyridine rings is 1. The van der Waals surface area contributed by atoms with Gasteiger partial charge in [-0.1, -0.05) is 36.4 Å². The maximum atomic E-state index is 13.7. The average Bonchev–Trinajstić information content (AvgIpc) is 2.89. The number of ether oxygens (including phenoxy) is 1. The molecule has 0 bridgehead atoms. The molecule has 1 amide bonds. The van der Waals surface area contributed by atoms with E-state index in [4.69, 9.17) is 4.74 Å². The van der Waals surface area contributed by atoms with Crippen molar-refractivity contribution in [3.05, 3.63) is 109 Å². The van der Waals surface area contributed by atoms with Crippen LogP contribution in [0.5, 0.6) is 5.75 Å². The standard InChI is InChI=1S/C26H23N3O4S/c1-33-24-16-14-21(15-17-24)28(34(31,32)25-13-8-18-27-19-25)20-26(30)29(22-9-4-2-5-10-22)23-11-6-3-7-12-23/h2-19H,20H2,1H3. The van der Waals surface area contributed by atoms with Gasteiger partial charge in [-0.3, -0.25) is 19.0 Å². The Labute approximate surface area is 198 Å².